The summed E-state index contributed by atoms with van der Waals surface area (Å²) in [6, 6.07) is 4.45. The third-order valence-corrected chi connectivity index (χ3v) is 2.48. The summed E-state index contributed by atoms with van der Waals surface area (Å²) < 4.78 is 18.6. The Bertz CT molecular complexity index is 425. The molecule has 6 heteroatoms. The number of hydrogen-bond donors (Lipinski definition) is 2. The van der Waals surface area contributed by atoms with Crippen LogP contribution in [0.5, 0.6) is 5.75 Å². The molecule has 18 heavy (non-hydrogen) atoms. The van der Waals surface area contributed by atoms with E-state index >= 15 is 0 Å². The summed E-state index contributed by atoms with van der Waals surface area (Å²) in [4.78, 5) is 11.6. The van der Waals surface area contributed by atoms with Gasteiger partial charge in [-0.15, -0.1) is 12.4 Å². The van der Waals surface area contributed by atoms with E-state index < -0.39 is 5.82 Å². The van der Waals surface area contributed by atoms with Gasteiger partial charge in [0.05, 0.1) is 0 Å². The molecule has 0 unspecified atom stereocenters. The van der Waals surface area contributed by atoms with Gasteiger partial charge < -0.3 is 15.8 Å². The molecule has 1 amide bonds. The average Bonchev–Trinajstić information content (AvgIpc) is 3.11. The molecule has 0 bridgehead atoms. The van der Waals surface area contributed by atoms with E-state index in [0.29, 0.717) is 12.1 Å². The van der Waals surface area contributed by atoms with Gasteiger partial charge in [0.25, 0.3) is 5.91 Å². The number of amides is 1. The minimum absolute atomic E-state index is 0. The van der Waals surface area contributed by atoms with Crippen LogP contribution in [0.2, 0.25) is 0 Å². The molecule has 0 atom stereocenters. The first kappa shape index (κ1) is 14.7. The molecule has 4 nitrogen and oxygen atoms in total. The Labute approximate surface area is 111 Å². The van der Waals surface area contributed by atoms with Crippen molar-refractivity contribution in [2.24, 2.45) is 5.73 Å². The molecule has 3 N–H and O–H groups in total. The van der Waals surface area contributed by atoms with E-state index in [1.54, 1.807) is 6.07 Å². The summed E-state index contributed by atoms with van der Waals surface area (Å²) in [7, 11) is 0. The molecule has 1 aliphatic rings. The zero-order valence-electron chi connectivity index (χ0n) is 9.82. The minimum Gasteiger partial charge on any atom is -0.489 e. The maximum Gasteiger partial charge on any atom is 0.251 e. The number of carbonyl (C=O) groups is 1. The van der Waals surface area contributed by atoms with Crippen LogP contribution < -0.4 is 15.8 Å². The van der Waals surface area contributed by atoms with E-state index in [4.69, 9.17) is 10.5 Å². The molecule has 0 aromatic heterocycles. The monoisotopic (exact) mass is 274 g/mol. The van der Waals surface area contributed by atoms with E-state index in [1.165, 1.54) is 12.1 Å². The van der Waals surface area contributed by atoms with E-state index in [0.717, 1.165) is 12.8 Å². The van der Waals surface area contributed by atoms with Crippen LogP contribution in [0.15, 0.2) is 18.2 Å². The summed E-state index contributed by atoms with van der Waals surface area (Å²) in [5, 5.41) is 2.79. The third kappa shape index (κ3) is 3.85. The molecule has 1 saturated carbocycles. The maximum absolute atomic E-state index is 13.5. The maximum atomic E-state index is 13.5. The van der Waals surface area contributed by atoms with Crippen LogP contribution in [-0.2, 0) is 0 Å². The lowest BCUT2D eigenvalue weighted by molar-refractivity contribution is 0.0950. The van der Waals surface area contributed by atoms with Gasteiger partial charge in [0.15, 0.2) is 11.6 Å². The number of benzene rings is 1. The molecule has 0 radical (unpaired) electrons. The van der Waals surface area contributed by atoms with Crippen molar-refractivity contribution in [3.63, 3.8) is 0 Å². The Kier molecular flexibility index (Phi) is 5.37. The van der Waals surface area contributed by atoms with E-state index in [1.807, 2.05) is 0 Å². The predicted octanol–water partition coefficient (Wildman–Crippen LogP) is 1.48. The first-order chi connectivity index (χ1) is 8.20. The second kappa shape index (κ2) is 6.56. The molecule has 2 rings (SSSR count). The summed E-state index contributed by atoms with van der Waals surface area (Å²) in [6.45, 7) is 0.577. The standard InChI is InChI=1S/C12H15FN2O2.ClH/c13-10-7-8(12(16)15-9-2-3-9)1-4-11(10)17-6-5-14;/h1,4,7,9H,2-3,5-6,14H2,(H,15,16);1H. The van der Waals surface area contributed by atoms with Gasteiger partial charge >= 0.3 is 0 Å². The van der Waals surface area contributed by atoms with Gasteiger partial charge in [0.1, 0.15) is 6.61 Å². The van der Waals surface area contributed by atoms with Crippen molar-refractivity contribution in [1.82, 2.24) is 5.32 Å². The van der Waals surface area contributed by atoms with Gasteiger partial charge in [-0.3, -0.25) is 4.79 Å². The molecular formula is C12H16ClFN2O2. The summed E-state index contributed by atoms with van der Waals surface area (Å²) >= 11 is 0. The molecule has 0 spiro atoms. The predicted molar refractivity (Wildman–Crippen MR) is 68.7 cm³/mol. The van der Waals surface area contributed by atoms with E-state index in [-0.39, 0.29) is 36.7 Å². The van der Waals surface area contributed by atoms with Gasteiger partial charge in [0.2, 0.25) is 0 Å². The SMILES string of the molecule is Cl.NCCOc1ccc(C(=O)NC2CC2)cc1F. The Morgan fingerprint density at radius 1 is 1.50 bits per heavy atom. The van der Waals surface area contributed by atoms with Crippen molar-refractivity contribution >= 4 is 18.3 Å². The van der Waals surface area contributed by atoms with Gasteiger partial charge in [-0.25, -0.2) is 4.39 Å². The largest absolute Gasteiger partial charge is 0.489 e. The molecule has 0 aliphatic heterocycles. The molecule has 100 valence electrons. The van der Waals surface area contributed by atoms with Crippen molar-refractivity contribution in [1.29, 1.82) is 0 Å². The van der Waals surface area contributed by atoms with Crippen LogP contribution in [0.1, 0.15) is 23.2 Å². The van der Waals surface area contributed by atoms with Crippen molar-refractivity contribution in [2.45, 2.75) is 18.9 Å². The fourth-order valence-corrected chi connectivity index (χ4v) is 1.42. The highest BCUT2D eigenvalue weighted by Crippen LogP contribution is 2.21. The lowest BCUT2D eigenvalue weighted by Gasteiger charge is -2.08. The Morgan fingerprint density at radius 3 is 2.78 bits per heavy atom. The quantitative estimate of drug-likeness (QED) is 0.855. The summed E-state index contributed by atoms with van der Waals surface area (Å²) in [5.74, 6) is -0.655. The number of rotatable bonds is 5. The van der Waals surface area contributed by atoms with Crippen molar-refractivity contribution in [3.05, 3.63) is 29.6 Å². The molecule has 1 aliphatic carbocycles. The molecular weight excluding hydrogens is 259 g/mol. The highest BCUT2D eigenvalue weighted by Gasteiger charge is 2.24. The first-order valence-electron chi connectivity index (χ1n) is 5.64. The van der Waals surface area contributed by atoms with Gasteiger partial charge in [-0.1, -0.05) is 0 Å². The van der Waals surface area contributed by atoms with Crippen molar-refractivity contribution in [2.75, 3.05) is 13.2 Å². The van der Waals surface area contributed by atoms with Crippen molar-refractivity contribution < 1.29 is 13.9 Å². The minimum atomic E-state index is -0.540. The average molecular weight is 275 g/mol. The van der Waals surface area contributed by atoms with E-state index in [2.05, 4.69) is 5.32 Å². The lowest BCUT2D eigenvalue weighted by Crippen LogP contribution is -2.25. The van der Waals surface area contributed by atoms with Gasteiger partial charge in [0, 0.05) is 18.2 Å². The number of nitrogens with two attached hydrogens (primary N) is 1. The topological polar surface area (TPSA) is 64.3 Å². The fourth-order valence-electron chi connectivity index (χ4n) is 1.42. The van der Waals surface area contributed by atoms with Crippen LogP contribution in [0.3, 0.4) is 0 Å². The zero-order chi connectivity index (χ0) is 12.3. The second-order valence-corrected chi connectivity index (χ2v) is 4.03. The Balaban J connectivity index is 0.00000162. The van der Waals surface area contributed by atoms with Crippen LogP contribution in [0.4, 0.5) is 4.39 Å². The third-order valence-electron chi connectivity index (χ3n) is 2.48. The van der Waals surface area contributed by atoms with Crippen LogP contribution in [0.25, 0.3) is 0 Å². The molecule has 1 fully saturated rings. The number of ether oxygens (including phenoxy) is 1. The summed E-state index contributed by atoms with van der Waals surface area (Å²) in [6.07, 6.45) is 2.01. The second-order valence-electron chi connectivity index (χ2n) is 4.03. The summed E-state index contributed by atoms with van der Waals surface area (Å²) in [5.41, 5.74) is 5.57. The lowest BCUT2D eigenvalue weighted by atomic mass is 10.2. The number of carbonyl (C=O) groups excluding carboxylic acids is 1. The van der Waals surface area contributed by atoms with Gasteiger partial charge in [-0.2, -0.15) is 0 Å². The van der Waals surface area contributed by atoms with E-state index in [9.17, 15) is 9.18 Å². The number of hydrogen-bond acceptors (Lipinski definition) is 3. The smallest absolute Gasteiger partial charge is 0.251 e. The van der Waals surface area contributed by atoms with Crippen molar-refractivity contribution in [3.8, 4) is 5.75 Å². The zero-order valence-corrected chi connectivity index (χ0v) is 10.6. The molecule has 1 aromatic carbocycles. The first-order valence-corrected chi connectivity index (χ1v) is 5.64. The molecule has 1 aromatic rings. The van der Waals surface area contributed by atoms with Gasteiger partial charge in [-0.05, 0) is 31.0 Å². The van der Waals surface area contributed by atoms with Crippen LogP contribution >= 0.6 is 12.4 Å². The highest BCUT2D eigenvalue weighted by atomic mass is 35.5. The molecule has 0 saturated heterocycles. The molecule has 0 heterocycles. The fraction of sp³-hybridized carbons (Fsp3) is 0.417. The van der Waals surface area contributed by atoms with Crippen LogP contribution in [-0.4, -0.2) is 25.1 Å². The number of halogens is 2. The Hall–Kier alpha value is -1.33. The Morgan fingerprint density at radius 2 is 2.22 bits per heavy atom. The number of nitrogens with one attached hydrogen (secondary N) is 1. The highest BCUT2D eigenvalue weighted by molar-refractivity contribution is 5.94. The normalized spacial score (nSPS) is 13.7. The van der Waals surface area contributed by atoms with Crippen LogP contribution in [0, 0.1) is 5.82 Å².